The van der Waals surface area contributed by atoms with E-state index < -0.39 is 6.10 Å². The molecule has 6 rings (SSSR count). The van der Waals surface area contributed by atoms with E-state index in [1.54, 1.807) is 19.2 Å². The van der Waals surface area contributed by atoms with E-state index in [1.165, 1.54) is 38.8 Å². The number of hydrogen-bond acceptors (Lipinski definition) is 9. The van der Waals surface area contributed by atoms with Gasteiger partial charge in [-0.1, -0.05) is 16.8 Å². The number of aryl methyl sites for hydroxylation is 2. The van der Waals surface area contributed by atoms with Gasteiger partial charge in [0.05, 0.1) is 22.0 Å². The highest BCUT2D eigenvalue weighted by molar-refractivity contribution is 6.33. The molecule has 2 aromatic heterocycles. The van der Waals surface area contributed by atoms with Crippen LogP contribution in [0.2, 0.25) is 5.02 Å². The highest BCUT2D eigenvalue weighted by Gasteiger charge is 2.47. The van der Waals surface area contributed by atoms with E-state index in [0.717, 1.165) is 47.7 Å². The molecule has 208 valence electrons. The van der Waals surface area contributed by atoms with Crippen LogP contribution in [-0.2, 0) is 0 Å². The molecule has 0 bridgehead atoms. The molecule has 1 aliphatic carbocycles. The van der Waals surface area contributed by atoms with Crippen molar-refractivity contribution in [3.05, 3.63) is 40.7 Å². The van der Waals surface area contributed by atoms with Crippen molar-refractivity contribution < 1.29 is 14.4 Å². The maximum atomic E-state index is 10.1. The number of nitrogens with zero attached hydrogens (tertiary/aromatic N) is 5. The summed E-state index contributed by atoms with van der Waals surface area (Å²) in [6.45, 7) is 8.88. The largest absolute Gasteiger partial charge is 0.491 e. The summed E-state index contributed by atoms with van der Waals surface area (Å²) in [6, 6.07) is 8.32. The van der Waals surface area contributed by atoms with Crippen LogP contribution < -0.4 is 15.0 Å². The third kappa shape index (κ3) is 5.50. The number of anilines is 1. The Morgan fingerprint density at radius 3 is 2.62 bits per heavy atom. The zero-order valence-corrected chi connectivity index (χ0v) is 23.7. The lowest BCUT2D eigenvalue weighted by molar-refractivity contribution is 0.0717. The zero-order valence-electron chi connectivity index (χ0n) is 22.9. The van der Waals surface area contributed by atoms with Gasteiger partial charge in [0.25, 0.3) is 0 Å². The van der Waals surface area contributed by atoms with Gasteiger partial charge >= 0.3 is 0 Å². The summed E-state index contributed by atoms with van der Waals surface area (Å²) in [5, 5.41) is 17.7. The Hall–Kier alpha value is -2.72. The summed E-state index contributed by atoms with van der Waals surface area (Å²) in [6.07, 6.45) is 4.63. The summed E-state index contributed by atoms with van der Waals surface area (Å²) in [5.41, 5.74) is 3.49. The van der Waals surface area contributed by atoms with Gasteiger partial charge in [0, 0.05) is 42.7 Å². The lowest BCUT2D eigenvalue weighted by Gasteiger charge is -2.54. The summed E-state index contributed by atoms with van der Waals surface area (Å²) in [7, 11) is 1.79. The standard InChI is InChI=1S/C29H37ClN6O3/c1-18-27(19(2)39-34-18)25-13-26(36-16-29(17-36)8-10-35(11-9-29)20-4-5-20)33-28(32-25)23-12-22(6-7-24(23)30)38-15-21(37)14-31-3/h6-7,12-13,20-21,31,37H,4-5,8-11,14-17H2,1-3H3. The Balaban J connectivity index is 1.29. The maximum absolute atomic E-state index is 10.1. The molecule has 9 nitrogen and oxygen atoms in total. The molecular formula is C29H37ClN6O3. The number of likely N-dealkylation sites (tertiary alicyclic amines) is 1. The first kappa shape index (κ1) is 26.5. The Morgan fingerprint density at radius 2 is 1.95 bits per heavy atom. The second kappa shape index (κ2) is 10.7. The van der Waals surface area contributed by atoms with Crippen LogP contribution in [0.4, 0.5) is 5.82 Å². The highest BCUT2D eigenvalue weighted by atomic mass is 35.5. The predicted octanol–water partition coefficient (Wildman–Crippen LogP) is 4.09. The van der Waals surface area contributed by atoms with Gasteiger partial charge in [0.15, 0.2) is 5.82 Å². The second-order valence-corrected chi connectivity index (χ2v) is 11.8. The highest BCUT2D eigenvalue weighted by Crippen LogP contribution is 2.45. The molecule has 3 aromatic rings. The molecule has 2 saturated heterocycles. The SMILES string of the molecule is CNCC(O)COc1ccc(Cl)c(-c2nc(-c3c(C)noc3C)cc(N3CC4(CCN(C5CC5)CC4)C3)n2)c1. The molecule has 10 heteroatoms. The van der Waals surface area contributed by atoms with Crippen LogP contribution in [-0.4, -0.2) is 83.7 Å². The molecule has 1 saturated carbocycles. The van der Waals surface area contributed by atoms with E-state index in [2.05, 4.69) is 20.3 Å². The fourth-order valence-corrected chi connectivity index (χ4v) is 6.19. The number of hydrogen-bond donors (Lipinski definition) is 2. The zero-order chi connectivity index (χ0) is 27.1. The minimum atomic E-state index is -0.616. The van der Waals surface area contributed by atoms with Crippen molar-refractivity contribution in [2.45, 2.75) is 51.7 Å². The number of piperidine rings is 1. The number of aliphatic hydroxyl groups excluding tert-OH is 1. The van der Waals surface area contributed by atoms with Crippen molar-refractivity contribution >= 4 is 17.4 Å². The van der Waals surface area contributed by atoms with Gasteiger partial charge in [-0.2, -0.15) is 0 Å². The van der Waals surface area contributed by atoms with Crippen LogP contribution in [0.5, 0.6) is 5.75 Å². The summed E-state index contributed by atoms with van der Waals surface area (Å²) >= 11 is 6.68. The van der Waals surface area contributed by atoms with Crippen LogP contribution in [0, 0.1) is 19.3 Å². The van der Waals surface area contributed by atoms with Crippen LogP contribution in [0.15, 0.2) is 28.8 Å². The molecule has 1 aromatic carbocycles. The van der Waals surface area contributed by atoms with Gasteiger partial charge in [-0.15, -0.1) is 0 Å². The quantitative estimate of drug-likeness (QED) is 0.406. The average Bonchev–Trinajstić information content (AvgIpc) is 3.70. The minimum Gasteiger partial charge on any atom is -0.491 e. The van der Waals surface area contributed by atoms with Crippen molar-refractivity contribution in [1.29, 1.82) is 0 Å². The van der Waals surface area contributed by atoms with Crippen LogP contribution >= 0.6 is 11.6 Å². The van der Waals surface area contributed by atoms with Crippen LogP contribution in [0.25, 0.3) is 22.6 Å². The van der Waals surface area contributed by atoms with Crippen molar-refractivity contribution in [2.75, 3.05) is 51.3 Å². The molecule has 1 unspecified atom stereocenters. The van der Waals surface area contributed by atoms with E-state index in [9.17, 15) is 5.11 Å². The molecule has 0 amide bonds. The Bertz CT molecular complexity index is 1310. The van der Waals surface area contributed by atoms with Crippen molar-refractivity contribution in [3.63, 3.8) is 0 Å². The van der Waals surface area contributed by atoms with E-state index >= 15 is 0 Å². The maximum Gasteiger partial charge on any atom is 0.163 e. The topological polar surface area (TPSA) is 99.8 Å². The molecular weight excluding hydrogens is 516 g/mol. The Labute approximate surface area is 234 Å². The number of ether oxygens (including phenoxy) is 1. The smallest absolute Gasteiger partial charge is 0.163 e. The number of benzene rings is 1. The van der Waals surface area contributed by atoms with Crippen LogP contribution in [0.3, 0.4) is 0 Å². The van der Waals surface area contributed by atoms with Crippen molar-refractivity contribution in [1.82, 2.24) is 25.3 Å². The summed E-state index contributed by atoms with van der Waals surface area (Å²) < 4.78 is 11.3. The van der Waals surface area contributed by atoms with Gasteiger partial charge < -0.3 is 29.5 Å². The fraction of sp³-hybridized carbons (Fsp3) is 0.552. The van der Waals surface area contributed by atoms with Crippen molar-refractivity contribution in [3.8, 4) is 28.4 Å². The number of halogens is 1. The lowest BCUT2D eigenvalue weighted by Crippen LogP contribution is -2.61. The molecule has 2 N–H and O–H groups in total. The van der Waals surface area contributed by atoms with Gasteiger partial charge in [-0.05, 0) is 77.9 Å². The average molecular weight is 553 g/mol. The number of rotatable bonds is 9. The van der Waals surface area contributed by atoms with Gasteiger partial charge in [-0.3, -0.25) is 0 Å². The number of aliphatic hydroxyl groups is 1. The number of nitrogens with one attached hydrogen (secondary N) is 1. The number of likely N-dealkylation sites (N-methyl/N-ethyl adjacent to an activating group) is 1. The Morgan fingerprint density at radius 1 is 1.18 bits per heavy atom. The van der Waals surface area contributed by atoms with Gasteiger partial charge in [0.2, 0.25) is 0 Å². The summed E-state index contributed by atoms with van der Waals surface area (Å²) in [4.78, 5) is 15.0. The van der Waals surface area contributed by atoms with E-state index in [1.807, 2.05) is 26.0 Å². The molecule has 1 atom stereocenters. The van der Waals surface area contributed by atoms with Crippen LogP contribution in [0.1, 0.15) is 37.1 Å². The monoisotopic (exact) mass is 552 g/mol. The Kier molecular flexibility index (Phi) is 7.26. The minimum absolute atomic E-state index is 0.168. The molecule has 1 spiro atoms. The molecule has 3 fully saturated rings. The first-order chi connectivity index (χ1) is 18.8. The molecule has 39 heavy (non-hydrogen) atoms. The molecule has 0 radical (unpaired) electrons. The molecule has 2 aliphatic heterocycles. The fourth-order valence-electron chi connectivity index (χ4n) is 5.99. The van der Waals surface area contributed by atoms with Crippen molar-refractivity contribution in [2.24, 2.45) is 5.41 Å². The summed E-state index contributed by atoms with van der Waals surface area (Å²) in [5.74, 6) is 2.73. The van der Waals surface area contributed by atoms with E-state index in [4.69, 9.17) is 30.8 Å². The van der Waals surface area contributed by atoms with Gasteiger partial charge in [-0.25, -0.2) is 9.97 Å². The van der Waals surface area contributed by atoms with E-state index in [-0.39, 0.29) is 6.61 Å². The van der Waals surface area contributed by atoms with E-state index in [0.29, 0.717) is 34.1 Å². The predicted molar refractivity (Wildman–Crippen MR) is 151 cm³/mol. The molecule has 3 aliphatic rings. The number of aromatic nitrogens is 3. The first-order valence-corrected chi connectivity index (χ1v) is 14.3. The van der Waals surface area contributed by atoms with Gasteiger partial charge in [0.1, 0.15) is 30.0 Å². The normalized spacial score (nSPS) is 19.8. The molecule has 4 heterocycles. The first-order valence-electron chi connectivity index (χ1n) is 13.9. The third-order valence-electron chi connectivity index (χ3n) is 8.36. The second-order valence-electron chi connectivity index (χ2n) is 11.4. The third-order valence-corrected chi connectivity index (χ3v) is 8.69. The lowest BCUT2D eigenvalue weighted by atomic mass is 9.72.